The Kier molecular flexibility index (Phi) is 7.71. The number of nitro groups is 1. The van der Waals surface area contributed by atoms with Crippen LogP contribution in [-0.2, 0) is 4.79 Å². The average molecular weight is 510 g/mol. The van der Waals surface area contributed by atoms with Gasteiger partial charge in [-0.05, 0) is 61.6 Å². The van der Waals surface area contributed by atoms with E-state index in [1.54, 1.807) is 42.2 Å². The SMILES string of the molecule is Cc1cc(C(=O)N2CCC(c3ccc(NC(=O)/C=C/c4ccccc4[N+](=O)[O-])cc3)CC2)n(C(F)F)n1. The Balaban J connectivity index is 1.32. The lowest BCUT2D eigenvalue weighted by molar-refractivity contribution is -0.385. The number of aryl methyl sites for hydroxylation is 1. The molecule has 0 spiro atoms. The Labute approximate surface area is 211 Å². The van der Waals surface area contributed by atoms with E-state index in [1.807, 2.05) is 12.1 Å². The quantitative estimate of drug-likeness (QED) is 0.269. The number of hydrogen-bond donors (Lipinski definition) is 1. The summed E-state index contributed by atoms with van der Waals surface area (Å²) in [6, 6.07) is 14.9. The maximum atomic E-state index is 13.2. The fourth-order valence-electron chi connectivity index (χ4n) is 4.39. The van der Waals surface area contributed by atoms with E-state index >= 15 is 0 Å². The largest absolute Gasteiger partial charge is 0.337 e. The number of halogens is 2. The number of nitrogens with one attached hydrogen (secondary N) is 1. The summed E-state index contributed by atoms with van der Waals surface area (Å²) >= 11 is 0. The number of nitro benzene ring substituents is 1. The molecule has 3 aromatic rings. The summed E-state index contributed by atoms with van der Waals surface area (Å²) in [5.74, 6) is -0.684. The maximum absolute atomic E-state index is 13.2. The van der Waals surface area contributed by atoms with Crippen LogP contribution in [0.1, 0.15) is 52.6 Å². The molecule has 37 heavy (non-hydrogen) atoms. The summed E-state index contributed by atoms with van der Waals surface area (Å²) in [6.45, 7) is -0.436. The Morgan fingerprint density at radius 3 is 2.46 bits per heavy atom. The zero-order valence-electron chi connectivity index (χ0n) is 20.0. The Morgan fingerprint density at radius 2 is 1.81 bits per heavy atom. The number of aromatic nitrogens is 2. The molecule has 0 saturated carbocycles. The lowest BCUT2D eigenvalue weighted by Crippen LogP contribution is -2.39. The number of rotatable bonds is 7. The van der Waals surface area contributed by atoms with Crippen LogP contribution in [0.5, 0.6) is 0 Å². The number of alkyl halides is 2. The molecule has 0 aliphatic carbocycles. The molecule has 1 fully saturated rings. The summed E-state index contributed by atoms with van der Waals surface area (Å²) in [6.07, 6.45) is 3.99. The van der Waals surface area contributed by atoms with Crippen molar-refractivity contribution in [3.05, 3.63) is 93.3 Å². The van der Waals surface area contributed by atoms with Gasteiger partial charge in [0.1, 0.15) is 5.69 Å². The molecule has 0 atom stereocenters. The molecule has 1 N–H and O–H groups in total. The van der Waals surface area contributed by atoms with Crippen molar-refractivity contribution in [3.63, 3.8) is 0 Å². The molecule has 0 radical (unpaired) electrons. The van der Waals surface area contributed by atoms with E-state index in [0.29, 0.717) is 47.6 Å². The number of anilines is 1. The van der Waals surface area contributed by atoms with Crippen LogP contribution in [-0.4, -0.2) is 44.5 Å². The Hall–Kier alpha value is -4.41. The fraction of sp³-hybridized carbons (Fsp3) is 0.269. The number of likely N-dealkylation sites (tertiary alicyclic amines) is 1. The Morgan fingerprint density at radius 1 is 1.14 bits per heavy atom. The number of para-hydroxylation sites is 1. The maximum Gasteiger partial charge on any atom is 0.333 e. The van der Waals surface area contributed by atoms with Gasteiger partial charge in [-0.15, -0.1) is 0 Å². The molecule has 1 aliphatic heterocycles. The molecular formula is C26H25F2N5O4. The molecule has 1 aliphatic rings. The van der Waals surface area contributed by atoms with Crippen molar-refractivity contribution in [1.82, 2.24) is 14.7 Å². The third-order valence-electron chi connectivity index (χ3n) is 6.24. The standard InChI is InChI=1S/C26H25F2N5O4/c1-17-16-23(32(30-17)26(27)28)25(35)31-14-12-19(13-15-31)18-6-9-21(10-7-18)29-24(34)11-8-20-4-2-3-5-22(20)33(36)37/h2-11,16,19,26H,12-15H2,1H3,(H,29,34)/b11-8+. The molecule has 0 unspecified atom stereocenters. The van der Waals surface area contributed by atoms with Gasteiger partial charge in [-0.3, -0.25) is 19.7 Å². The number of amides is 2. The molecule has 2 heterocycles. The van der Waals surface area contributed by atoms with Crippen LogP contribution in [0.15, 0.2) is 60.7 Å². The van der Waals surface area contributed by atoms with Crippen molar-refractivity contribution in [2.75, 3.05) is 18.4 Å². The summed E-state index contributed by atoms with van der Waals surface area (Å²) < 4.78 is 26.9. The highest BCUT2D eigenvalue weighted by atomic mass is 19.3. The number of benzene rings is 2. The van der Waals surface area contributed by atoms with Gasteiger partial charge in [-0.25, -0.2) is 0 Å². The van der Waals surface area contributed by atoms with Gasteiger partial charge in [0.15, 0.2) is 0 Å². The lowest BCUT2D eigenvalue weighted by Gasteiger charge is -2.32. The van der Waals surface area contributed by atoms with Crippen molar-refractivity contribution < 1.29 is 23.3 Å². The monoisotopic (exact) mass is 509 g/mol. The Bertz CT molecular complexity index is 1330. The average Bonchev–Trinajstić information content (AvgIpc) is 3.30. The van der Waals surface area contributed by atoms with Gasteiger partial charge < -0.3 is 10.2 Å². The minimum absolute atomic E-state index is 0.0848. The van der Waals surface area contributed by atoms with E-state index in [9.17, 15) is 28.5 Å². The van der Waals surface area contributed by atoms with E-state index in [4.69, 9.17) is 0 Å². The van der Waals surface area contributed by atoms with Crippen molar-refractivity contribution >= 4 is 29.3 Å². The van der Waals surface area contributed by atoms with Gasteiger partial charge in [0.2, 0.25) is 5.91 Å². The van der Waals surface area contributed by atoms with Gasteiger partial charge in [0.25, 0.3) is 11.6 Å². The topological polar surface area (TPSA) is 110 Å². The first kappa shape index (κ1) is 25.7. The van der Waals surface area contributed by atoms with Gasteiger partial charge >= 0.3 is 6.55 Å². The van der Waals surface area contributed by atoms with Crippen LogP contribution in [0.4, 0.5) is 20.2 Å². The molecule has 192 valence electrons. The number of nitrogens with zero attached hydrogens (tertiary/aromatic N) is 4. The summed E-state index contributed by atoms with van der Waals surface area (Å²) in [4.78, 5) is 37.2. The molecule has 2 amide bonds. The summed E-state index contributed by atoms with van der Waals surface area (Å²) in [7, 11) is 0. The zero-order valence-corrected chi connectivity index (χ0v) is 20.0. The third kappa shape index (κ3) is 6.05. The molecular weight excluding hydrogens is 484 g/mol. The first-order valence-electron chi connectivity index (χ1n) is 11.7. The predicted octanol–water partition coefficient (Wildman–Crippen LogP) is 5.17. The van der Waals surface area contributed by atoms with Crippen molar-refractivity contribution in [3.8, 4) is 0 Å². The molecule has 9 nitrogen and oxygen atoms in total. The fourth-order valence-corrected chi connectivity index (χ4v) is 4.39. The van der Waals surface area contributed by atoms with Crippen molar-refractivity contribution in [1.29, 1.82) is 0 Å². The number of hydrogen-bond acceptors (Lipinski definition) is 5. The van der Waals surface area contributed by atoms with Crippen LogP contribution in [0.3, 0.4) is 0 Å². The first-order chi connectivity index (χ1) is 17.7. The van der Waals surface area contributed by atoms with E-state index in [1.165, 1.54) is 24.3 Å². The van der Waals surface area contributed by atoms with E-state index in [0.717, 1.165) is 5.56 Å². The predicted molar refractivity (Wildman–Crippen MR) is 133 cm³/mol. The minimum atomic E-state index is -2.88. The highest BCUT2D eigenvalue weighted by Gasteiger charge is 2.28. The third-order valence-corrected chi connectivity index (χ3v) is 6.24. The van der Waals surface area contributed by atoms with Gasteiger partial charge in [-0.1, -0.05) is 24.3 Å². The van der Waals surface area contributed by atoms with Crippen LogP contribution in [0.25, 0.3) is 6.08 Å². The number of carbonyl (C=O) groups excluding carboxylic acids is 2. The zero-order chi connectivity index (χ0) is 26.5. The number of piperidine rings is 1. The molecule has 1 saturated heterocycles. The molecule has 4 rings (SSSR count). The van der Waals surface area contributed by atoms with Crippen molar-refractivity contribution in [2.24, 2.45) is 0 Å². The highest BCUT2D eigenvalue weighted by Crippen LogP contribution is 2.30. The smallest absolute Gasteiger partial charge is 0.333 e. The first-order valence-corrected chi connectivity index (χ1v) is 11.7. The van der Waals surface area contributed by atoms with Crippen LogP contribution < -0.4 is 5.32 Å². The van der Waals surface area contributed by atoms with Crippen LogP contribution in [0, 0.1) is 17.0 Å². The van der Waals surface area contributed by atoms with Crippen LogP contribution in [0.2, 0.25) is 0 Å². The van der Waals surface area contributed by atoms with E-state index in [-0.39, 0.29) is 17.3 Å². The minimum Gasteiger partial charge on any atom is -0.337 e. The number of carbonyl (C=O) groups is 2. The highest BCUT2D eigenvalue weighted by molar-refractivity contribution is 6.02. The molecule has 0 bridgehead atoms. The van der Waals surface area contributed by atoms with Gasteiger partial charge in [-0.2, -0.15) is 18.6 Å². The van der Waals surface area contributed by atoms with Crippen molar-refractivity contribution in [2.45, 2.75) is 32.2 Å². The normalized spacial score (nSPS) is 14.3. The second kappa shape index (κ2) is 11.1. The summed E-state index contributed by atoms with van der Waals surface area (Å²) in [5, 5.41) is 17.5. The van der Waals surface area contributed by atoms with E-state index in [2.05, 4.69) is 10.4 Å². The second-order valence-corrected chi connectivity index (χ2v) is 8.72. The van der Waals surface area contributed by atoms with Crippen LogP contribution >= 0.6 is 0 Å². The lowest BCUT2D eigenvalue weighted by atomic mass is 9.89. The summed E-state index contributed by atoms with van der Waals surface area (Å²) in [5.41, 5.74) is 2.12. The van der Waals surface area contributed by atoms with E-state index < -0.39 is 23.3 Å². The molecule has 2 aromatic carbocycles. The second-order valence-electron chi connectivity index (χ2n) is 8.72. The molecule has 1 aromatic heterocycles. The van der Waals surface area contributed by atoms with Gasteiger partial charge in [0.05, 0.1) is 16.2 Å². The molecule has 11 heteroatoms. The van der Waals surface area contributed by atoms with Gasteiger partial charge in [0, 0.05) is 30.9 Å².